The van der Waals surface area contributed by atoms with E-state index in [2.05, 4.69) is 15.3 Å². The van der Waals surface area contributed by atoms with E-state index in [9.17, 15) is 4.79 Å². The standard InChI is InChI=1S/C14H19N5O3S/c1-2-18-6-5-11(17-18)13-15-16-14(23-9-12(20)21)19(13)8-10-4-3-7-22-10/h5-6,10H,2-4,7-9H2,1H3,(H,20,21). The number of nitrogens with zero attached hydrogens (tertiary/aromatic N) is 5. The number of thioether (sulfide) groups is 1. The summed E-state index contributed by atoms with van der Waals surface area (Å²) in [6.07, 6.45) is 4.04. The molecule has 1 aliphatic heterocycles. The van der Waals surface area contributed by atoms with Gasteiger partial charge in [0, 0.05) is 19.3 Å². The highest BCUT2D eigenvalue weighted by Crippen LogP contribution is 2.25. The molecule has 0 spiro atoms. The van der Waals surface area contributed by atoms with Crippen LogP contribution in [0.4, 0.5) is 0 Å². The van der Waals surface area contributed by atoms with Crippen molar-refractivity contribution in [1.29, 1.82) is 0 Å². The Morgan fingerprint density at radius 2 is 2.39 bits per heavy atom. The SMILES string of the molecule is CCn1ccc(-c2nnc(SCC(=O)O)n2CC2CCCO2)n1. The molecule has 1 atom stereocenters. The molecule has 0 bridgehead atoms. The van der Waals surface area contributed by atoms with Crippen molar-refractivity contribution in [3.63, 3.8) is 0 Å². The molecule has 2 aromatic heterocycles. The third-order valence-corrected chi connectivity index (χ3v) is 4.60. The maximum atomic E-state index is 10.8. The van der Waals surface area contributed by atoms with Crippen LogP contribution in [0.2, 0.25) is 0 Å². The largest absolute Gasteiger partial charge is 0.481 e. The fourth-order valence-electron chi connectivity index (χ4n) is 2.52. The number of rotatable bonds is 7. The van der Waals surface area contributed by atoms with Gasteiger partial charge in [0.05, 0.1) is 18.4 Å². The molecular formula is C14H19N5O3S. The number of aryl methyl sites for hydroxylation is 1. The average molecular weight is 337 g/mol. The Labute approximate surface area is 137 Å². The van der Waals surface area contributed by atoms with Gasteiger partial charge in [0.2, 0.25) is 0 Å². The summed E-state index contributed by atoms with van der Waals surface area (Å²) in [7, 11) is 0. The Hall–Kier alpha value is -1.87. The molecule has 1 saturated heterocycles. The minimum atomic E-state index is -0.876. The molecule has 8 nitrogen and oxygen atoms in total. The van der Waals surface area contributed by atoms with Gasteiger partial charge < -0.3 is 9.84 Å². The van der Waals surface area contributed by atoms with Gasteiger partial charge in [-0.2, -0.15) is 5.10 Å². The number of carboxylic acid groups (broad SMARTS) is 1. The van der Waals surface area contributed by atoms with Gasteiger partial charge in [0.25, 0.3) is 0 Å². The van der Waals surface area contributed by atoms with Crippen molar-refractivity contribution in [1.82, 2.24) is 24.5 Å². The van der Waals surface area contributed by atoms with Crippen LogP contribution in [-0.2, 0) is 22.6 Å². The lowest BCUT2D eigenvalue weighted by molar-refractivity contribution is -0.133. The Bertz CT molecular complexity index is 678. The van der Waals surface area contributed by atoms with Crippen LogP contribution in [0.1, 0.15) is 19.8 Å². The summed E-state index contributed by atoms with van der Waals surface area (Å²) in [4.78, 5) is 10.8. The zero-order chi connectivity index (χ0) is 16.2. The Morgan fingerprint density at radius 1 is 1.52 bits per heavy atom. The molecule has 3 heterocycles. The summed E-state index contributed by atoms with van der Waals surface area (Å²) in [6.45, 7) is 4.18. The molecule has 0 aliphatic carbocycles. The van der Waals surface area contributed by atoms with Gasteiger partial charge in [-0.05, 0) is 25.8 Å². The third-order valence-electron chi connectivity index (χ3n) is 3.65. The number of carbonyl (C=O) groups is 1. The highest BCUT2D eigenvalue weighted by molar-refractivity contribution is 7.99. The van der Waals surface area contributed by atoms with E-state index in [0.29, 0.717) is 17.5 Å². The smallest absolute Gasteiger partial charge is 0.313 e. The van der Waals surface area contributed by atoms with E-state index < -0.39 is 5.97 Å². The van der Waals surface area contributed by atoms with Crippen LogP contribution in [0, 0.1) is 0 Å². The molecule has 1 unspecified atom stereocenters. The van der Waals surface area contributed by atoms with Crippen LogP contribution >= 0.6 is 11.8 Å². The molecule has 23 heavy (non-hydrogen) atoms. The number of aliphatic carboxylic acids is 1. The predicted molar refractivity (Wildman–Crippen MR) is 84.3 cm³/mol. The van der Waals surface area contributed by atoms with Crippen molar-refractivity contribution >= 4 is 17.7 Å². The molecule has 1 aliphatic rings. The molecule has 1 fully saturated rings. The summed E-state index contributed by atoms with van der Waals surface area (Å²) < 4.78 is 9.44. The van der Waals surface area contributed by atoms with Crippen molar-refractivity contribution in [2.45, 2.75) is 44.1 Å². The quantitative estimate of drug-likeness (QED) is 0.765. The van der Waals surface area contributed by atoms with Gasteiger partial charge in [-0.1, -0.05) is 11.8 Å². The lowest BCUT2D eigenvalue weighted by Crippen LogP contribution is -2.17. The first-order valence-electron chi connectivity index (χ1n) is 7.60. The van der Waals surface area contributed by atoms with E-state index in [1.165, 1.54) is 11.8 Å². The van der Waals surface area contributed by atoms with Gasteiger partial charge in [-0.3, -0.25) is 14.0 Å². The lowest BCUT2D eigenvalue weighted by atomic mass is 10.2. The molecule has 3 rings (SSSR count). The highest BCUT2D eigenvalue weighted by atomic mass is 32.2. The minimum absolute atomic E-state index is 0.0486. The van der Waals surface area contributed by atoms with Crippen molar-refractivity contribution in [3.05, 3.63) is 12.3 Å². The minimum Gasteiger partial charge on any atom is -0.481 e. The van der Waals surface area contributed by atoms with E-state index in [-0.39, 0.29) is 11.9 Å². The normalized spacial score (nSPS) is 17.7. The summed E-state index contributed by atoms with van der Waals surface area (Å²) >= 11 is 1.17. The second kappa shape index (κ2) is 7.14. The Balaban J connectivity index is 1.88. The zero-order valence-corrected chi connectivity index (χ0v) is 13.7. The Kier molecular flexibility index (Phi) is 4.97. The van der Waals surface area contributed by atoms with Crippen LogP contribution in [0.3, 0.4) is 0 Å². The van der Waals surface area contributed by atoms with E-state index in [1.807, 2.05) is 28.4 Å². The first-order valence-corrected chi connectivity index (χ1v) is 8.59. The van der Waals surface area contributed by atoms with Crippen LogP contribution in [0.15, 0.2) is 17.4 Å². The van der Waals surface area contributed by atoms with Crippen molar-refractivity contribution in [3.8, 4) is 11.5 Å². The first-order chi connectivity index (χ1) is 11.2. The molecule has 2 aromatic rings. The van der Waals surface area contributed by atoms with E-state index in [0.717, 1.165) is 31.7 Å². The zero-order valence-electron chi connectivity index (χ0n) is 12.9. The third kappa shape index (κ3) is 3.73. The van der Waals surface area contributed by atoms with E-state index >= 15 is 0 Å². The second-order valence-electron chi connectivity index (χ2n) is 5.29. The van der Waals surface area contributed by atoms with Crippen LogP contribution in [0.25, 0.3) is 11.5 Å². The maximum absolute atomic E-state index is 10.8. The molecule has 0 aromatic carbocycles. The lowest BCUT2D eigenvalue weighted by Gasteiger charge is -2.13. The Morgan fingerprint density at radius 3 is 3.04 bits per heavy atom. The molecule has 0 amide bonds. The molecule has 0 radical (unpaired) electrons. The van der Waals surface area contributed by atoms with Crippen LogP contribution in [-0.4, -0.2) is 54.1 Å². The van der Waals surface area contributed by atoms with Gasteiger partial charge >= 0.3 is 5.97 Å². The van der Waals surface area contributed by atoms with Gasteiger partial charge in [-0.15, -0.1) is 10.2 Å². The van der Waals surface area contributed by atoms with Crippen molar-refractivity contribution in [2.75, 3.05) is 12.4 Å². The molecule has 0 saturated carbocycles. The number of carboxylic acids is 1. The summed E-state index contributed by atoms with van der Waals surface area (Å²) in [5.74, 6) is -0.272. The number of aromatic nitrogens is 5. The fourth-order valence-corrected chi connectivity index (χ4v) is 3.19. The van der Waals surface area contributed by atoms with Crippen molar-refractivity contribution in [2.24, 2.45) is 0 Å². The van der Waals surface area contributed by atoms with Crippen molar-refractivity contribution < 1.29 is 14.6 Å². The topological polar surface area (TPSA) is 95.1 Å². The molecular weight excluding hydrogens is 318 g/mol. The average Bonchev–Trinajstić information content (AvgIpc) is 3.26. The summed E-state index contributed by atoms with van der Waals surface area (Å²) in [5.41, 5.74) is 0.736. The van der Waals surface area contributed by atoms with Crippen LogP contribution < -0.4 is 0 Å². The fraction of sp³-hybridized carbons (Fsp3) is 0.571. The van der Waals surface area contributed by atoms with Gasteiger partial charge in [-0.25, -0.2) is 0 Å². The van der Waals surface area contributed by atoms with E-state index in [1.54, 1.807) is 0 Å². The monoisotopic (exact) mass is 337 g/mol. The molecule has 1 N–H and O–H groups in total. The molecule has 9 heteroatoms. The summed E-state index contributed by atoms with van der Waals surface area (Å²) in [6, 6.07) is 1.89. The second-order valence-corrected chi connectivity index (χ2v) is 6.23. The summed E-state index contributed by atoms with van der Waals surface area (Å²) in [5, 5.41) is 22.3. The van der Waals surface area contributed by atoms with E-state index in [4.69, 9.17) is 9.84 Å². The van der Waals surface area contributed by atoms with Gasteiger partial charge in [0.15, 0.2) is 11.0 Å². The number of hydrogen-bond donors (Lipinski definition) is 1. The highest BCUT2D eigenvalue weighted by Gasteiger charge is 2.23. The first kappa shape index (κ1) is 16.0. The van der Waals surface area contributed by atoms with Gasteiger partial charge in [0.1, 0.15) is 5.69 Å². The maximum Gasteiger partial charge on any atom is 0.313 e. The number of hydrogen-bond acceptors (Lipinski definition) is 6. The molecule has 124 valence electrons. The van der Waals surface area contributed by atoms with Crippen LogP contribution in [0.5, 0.6) is 0 Å². The number of ether oxygens (including phenoxy) is 1. The predicted octanol–water partition coefficient (Wildman–Crippen LogP) is 1.52.